The Morgan fingerprint density at radius 2 is 2.05 bits per heavy atom. The van der Waals surface area contributed by atoms with E-state index in [1.165, 1.54) is 12.1 Å². The van der Waals surface area contributed by atoms with E-state index in [-0.39, 0.29) is 10.8 Å². The van der Waals surface area contributed by atoms with Gasteiger partial charge in [0.1, 0.15) is 11.8 Å². The Bertz CT molecular complexity index is 585. The highest BCUT2D eigenvalue weighted by Gasteiger charge is 2.29. The summed E-state index contributed by atoms with van der Waals surface area (Å²) in [6.45, 7) is 5.72. The summed E-state index contributed by atoms with van der Waals surface area (Å²) >= 11 is 0. The Labute approximate surface area is 125 Å². The van der Waals surface area contributed by atoms with Crippen LogP contribution in [0.15, 0.2) is 29.2 Å². The molecule has 0 unspecified atom stereocenters. The van der Waals surface area contributed by atoms with E-state index in [1.807, 2.05) is 6.92 Å². The Kier molecular flexibility index (Phi) is 6.17. The van der Waals surface area contributed by atoms with Crippen LogP contribution in [0.4, 0.5) is 0 Å². The van der Waals surface area contributed by atoms with Crippen LogP contribution < -0.4 is 9.46 Å². The SMILES string of the molecule is CCOc1cccc(S(=O)(=O)N[C@H](C(=O)O)[C@@H](C)CC)c1. The molecular weight excluding hydrogens is 294 g/mol. The maximum Gasteiger partial charge on any atom is 0.322 e. The van der Waals surface area contributed by atoms with Gasteiger partial charge in [-0.15, -0.1) is 0 Å². The van der Waals surface area contributed by atoms with E-state index in [2.05, 4.69) is 4.72 Å². The smallest absolute Gasteiger partial charge is 0.322 e. The van der Waals surface area contributed by atoms with Gasteiger partial charge in [0.05, 0.1) is 11.5 Å². The number of rotatable bonds is 8. The highest BCUT2D eigenvalue weighted by Crippen LogP contribution is 2.19. The van der Waals surface area contributed by atoms with Crippen LogP contribution in [0.25, 0.3) is 0 Å². The first-order chi connectivity index (χ1) is 9.81. The highest BCUT2D eigenvalue weighted by molar-refractivity contribution is 7.89. The topological polar surface area (TPSA) is 92.7 Å². The lowest BCUT2D eigenvalue weighted by Gasteiger charge is -2.20. The molecule has 0 saturated heterocycles. The number of hydrogen-bond donors (Lipinski definition) is 2. The van der Waals surface area contributed by atoms with Crippen LogP contribution in [0.5, 0.6) is 5.75 Å². The van der Waals surface area contributed by atoms with E-state index in [1.54, 1.807) is 26.0 Å². The average Bonchev–Trinajstić information content (AvgIpc) is 2.44. The van der Waals surface area contributed by atoms with Gasteiger partial charge in [-0.3, -0.25) is 4.79 Å². The summed E-state index contributed by atoms with van der Waals surface area (Å²) in [7, 11) is -3.91. The van der Waals surface area contributed by atoms with Crippen molar-refractivity contribution in [3.8, 4) is 5.75 Å². The number of hydrogen-bond acceptors (Lipinski definition) is 4. The molecule has 0 amide bonds. The summed E-state index contributed by atoms with van der Waals surface area (Å²) < 4.78 is 32.1. The third-order valence-electron chi connectivity index (χ3n) is 3.19. The molecule has 0 aliphatic rings. The monoisotopic (exact) mass is 315 g/mol. The summed E-state index contributed by atoms with van der Waals surface area (Å²) in [4.78, 5) is 11.2. The van der Waals surface area contributed by atoms with Gasteiger partial charge in [-0.05, 0) is 25.0 Å². The zero-order valence-electron chi connectivity index (χ0n) is 12.4. The minimum Gasteiger partial charge on any atom is -0.494 e. The van der Waals surface area contributed by atoms with E-state index < -0.39 is 22.0 Å². The van der Waals surface area contributed by atoms with Gasteiger partial charge in [-0.1, -0.05) is 26.3 Å². The third-order valence-corrected chi connectivity index (χ3v) is 4.63. The normalized spacial score (nSPS) is 14.4. The fourth-order valence-electron chi connectivity index (χ4n) is 1.78. The standard InChI is InChI=1S/C14H21NO5S/c1-4-10(3)13(14(16)17)15-21(18,19)12-8-6-7-11(9-12)20-5-2/h6-10,13,15H,4-5H2,1-3H3,(H,16,17)/t10-,13-/m0/s1. The van der Waals surface area contributed by atoms with Crippen LogP contribution in [0.1, 0.15) is 27.2 Å². The molecule has 0 aliphatic carbocycles. The van der Waals surface area contributed by atoms with E-state index in [4.69, 9.17) is 4.74 Å². The van der Waals surface area contributed by atoms with Crippen LogP contribution in [0.3, 0.4) is 0 Å². The molecule has 0 saturated carbocycles. The van der Waals surface area contributed by atoms with Crippen molar-refractivity contribution in [2.75, 3.05) is 6.61 Å². The molecule has 2 N–H and O–H groups in total. The zero-order valence-corrected chi connectivity index (χ0v) is 13.2. The van der Waals surface area contributed by atoms with Gasteiger partial charge in [-0.25, -0.2) is 8.42 Å². The van der Waals surface area contributed by atoms with Crippen molar-refractivity contribution in [3.05, 3.63) is 24.3 Å². The molecule has 0 fully saturated rings. The van der Waals surface area contributed by atoms with Crippen molar-refractivity contribution < 1.29 is 23.1 Å². The summed E-state index contributed by atoms with van der Waals surface area (Å²) in [6.07, 6.45) is 0.554. The molecule has 2 atom stereocenters. The van der Waals surface area contributed by atoms with Crippen molar-refractivity contribution in [2.45, 2.75) is 38.1 Å². The number of sulfonamides is 1. The summed E-state index contributed by atoms with van der Waals surface area (Å²) in [6, 6.07) is 4.82. The molecule has 0 radical (unpaired) electrons. The maximum absolute atomic E-state index is 12.3. The first-order valence-corrected chi connectivity index (χ1v) is 8.28. The predicted molar refractivity (Wildman–Crippen MR) is 78.8 cm³/mol. The quantitative estimate of drug-likeness (QED) is 0.764. The number of ether oxygens (including phenoxy) is 1. The minimum atomic E-state index is -3.91. The lowest BCUT2D eigenvalue weighted by atomic mass is 10.0. The van der Waals surface area contributed by atoms with Crippen molar-refractivity contribution in [1.82, 2.24) is 4.72 Å². The largest absolute Gasteiger partial charge is 0.494 e. The summed E-state index contributed by atoms with van der Waals surface area (Å²) in [5.41, 5.74) is 0. The van der Waals surface area contributed by atoms with Gasteiger partial charge in [0.15, 0.2) is 0 Å². The first-order valence-electron chi connectivity index (χ1n) is 6.79. The second kappa shape index (κ2) is 7.42. The molecule has 1 rings (SSSR count). The number of aliphatic carboxylic acids is 1. The molecule has 1 aromatic rings. The van der Waals surface area contributed by atoms with Gasteiger partial charge in [0.2, 0.25) is 10.0 Å². The van der Waals surface area contributed by atoms with Crippen molar-refractivity contribution in [1.29, 1.82) is 0 Å². The van der Waals surface area contributed by atoms with Gasteiger partial charge < -0.3 is 9.84 Å². The lowest BCUT2D eigenvalue weighted by Crippen LogP contribution is -2.44. The summed E-state index contributed by atoms with van der Waals surface area (Å²) in [5, 5.41) is 9.17. The zero-order chi connectivity index (χ0) is 16.0. The van der Waals surface area contributed by atoms with Crippen LogP contribution in [0.2, 0.25) is 0 Å². The number of carboxylic acids is 1. The molecule has 21 heavy (non-hydrogen) atoms. The summed E-state index contributed by atoms with van der Waals surface area (Å²) in [5.74, 6) is -1.07. The highest BCUT2D eigenvalue weighted by atomic mass is 32.2. The van der Waals surface area contributed by atoms with Gasteiger partial charge in [0.25, 0.3) is 0 Å². The lowest BCUT2D eigenvalue weighted by molar-refractivity contribution is -0.140. The molecule has 7 heteroatoms. The first kappa shape index (κ1) is 17.5. The fourth-order valence-corrected chi connectivity index (χ4v) is 3.11. The Balaban J connectivity index is 3.04. The Morgan fingerprint density at radius 1 is 1.38 bits per heavy atom. The number of carboxylic acid groups (broad SMARTS) is 1. The number of carbonyl (C=O) groups is 1. The number of nitrogens with one attached hydrogen (secondary N) is 1. The maximum atomic E-state index is 12.3. The van der Waals surface area contributed by atoms with Crippen LogP contribution in [-0.2, 0) is 14.8 Å². The van der Waals surface area contributed by atoms with Gasteiger partial charge in [0, 0.05) is 6.07 Å². The van der Waals surface area contributed by atoms with Crippen molar-refractivity contribution in [3.63, 3.8) is 0 Å². The van der Waals surface area contributed by atoms with E-state index in [9.17, 15) is 18.3 Å². The molecule has 118 valence electrons. The molecule has 6 nitrogen and oxygen atoms in total. The molecule has 1 aromatic carbocycles. The third kappa shape index (κ3) is 4.71. The van der Waals surface area contributed by atoms with E-state index in [0.717, 1.165) is 0 Å². The second-order valence-electron chi connectivity index (χ2n) is 4.73. The van der Waals surface area contributed by atoms with E-state index >= 15 is 0 Å². The molecule has 0 heterocycles. The van der Waals surface area contributed by atoms with E-state index in [0.29, 0.717) is 18.8 Å². The van der Waals surface area contributed by atoms with Crippen LogP contribution in [0, 0.1) is 5.92 Å². The fraction of sp³-hybridized carbons (Fsp3) is 0.500. The van der Waals surface area contributed by atoms with Crippen LogP contribution >= 0.6 is 0 Å². The van der Waals surface area contributed by atoms with Gasteiger partial charge in [-0.2, -0.15) is 4.72 Å². The van der Waals surface area contributed by atoms with Gasteiger partial charge >= 0.3 is 5.97 Å². The van der Waals surface area contributed by atoms with Crippen molar-refractivity contribution >= 4 is 16.0 Å². The predicted octanol–water partition coefficient (Wildman–Crippen LogP) is 1.86. The molecule has 0 spiro atoms. The minimum absolute atomic E-state index is 0.0111. The molecule has 0 aliphatic heterocycles. The number of benzene rings is 1. The molecule has 0 aromatic heterocycles. The second-order valence-corrected chi connectivity index (χ2v) is 6.44. The Morgan fingerprint density at radius 3 is 2.57 bits per heavy atom. The van der Waals surface area contributed by atoms with Crippen molar-refractivity contribution in [2.24, 2.45) is 5.92 Å². The molecule has 0 bridgehead atoms. The average molecular weight is 315 g/mol. The molecular formula is C14H21NO5S. The van der Waals surface area contributed by atoms with Crippen LogP contribution in [-0.4, -0.2) is 32.1 Å². The Hall–Kier alpha value is -1.60.